The van der Waals surface area contributed by atoms with Gasteiger partial charge < -0.3 is 30.5 Å². The van der Waals surface area contributed by atoms with Crippen molar-refractivity contribution in [2.75, 3.05) is 19.5 Å². The molecule has 3 heterocycles. The van der Waals surface area contributed by atoms with Gasteiger partial charge in [0.2, 0.25) is 11.8 Å². The number of nitrogens with zero attached hydrogens (tertiary/aromatic N) is 4. The minimum absolute atomic E-state index is 0.0344. The fourth-order valence-corrected chi connectivity index (χ4v) is 2.95. The molecule has 1 aliphatic rings. The summed E-state index contributed by atoms with van der Waals surface area (Å²) in [5, 5.41) is 30.7. The first kappa shape index (κ1) is 16.6. The number of imidazole rings is 1. The maximum Gasteiger partial charge on any atom is 0.246 e. The average Bonchev–Trinajstić information content (AvgIpc) is 3.07. The lowest BCUT2D eigenvalue weighted by Gasteiger charge is -2.30. The quantitative estimate of drug-likeness (QED) is 0.503. The predicted octanol–water partition coefficient (Wildman–Crippen LogP) is -1.03. The van der Waals surface area contributed by atoms with Gasteiger partial charge in [-0.3, -0.25) is 4.57 Å². The van der Waals surface area contributed by atoms with Gasteiger partial charge in [-0.1, -0.05) is 6.08 Å². The van der Waals surface area contributed by atoms with Crippen molar-refractivity contribution in [1.82, 2.24) is 19.5 Å². The molecule has 10 nitrogen and oxygen atoms in total. The number of aromatic nitrogens is 4. The number of nitrogens with two attached hydrogens (primary N) is 1. The van der Waals surface area contributed by atoms with Crippen LogP contribution >= 0.6 is 0 Å². The highest BCUT2D eigenvalue weighted by Crippen LogP contribution is 2.42. The van der Waals surface area contributed by atoms with Gasteiger partial charge in [-0.25, -0.2) is 4.98 Å². The van der Waals surface area contributed by atoms with Crippen molar-refractivity contribution in [2.45, 2.75) is 30.5 Å². The van der Waals surface area contributed by atoms with Gasteiger partial charge in [-0.05, 0) is 0 Å². The second-order valence-electron chi connectivity index (χ2n) is 5.55. The van der Waals surface area contributed by atoms with Crippen LogP contribution in [-0.2, 0) is 4.74 Å². The van der Waals surface area contributed by atoms with Crippen LogP contribution < -0.4 is 10.5 Å². The molecule has 1 fully saturated rings. The molecule has 2 aromatic heterocycles. The van der Waals surface area contributed by atoms with Crippen LogP contribution in [-0.4, -0.2) is 66.4 Å². The maximum absolute atomic E-state index is 10.9. The fourth-order valence-electron chi connectivity index (χ4n) is 2.95. The Bertz CT molecular complexity index is 765. The summed E-state index contributed by atoms with van der Waals surface area (Å²) >= 11 is 0. The fraction of sp³-hybridized carbons (Fsp3) is 0.500. The predicted molar refractivity (Wildman–Crippen MR) is 83.1 cm³/mol. The van der Waals surface area contributed by atoms with E-state index in [1.807, 2.05) is 0 Å². The molecular formula is C14H19N5O5. The van der Waals surface area contributed by atoms with E-state index >= 15 is 0 Å². The molecular weight excluding hydrogens is 318 g/mol. The lowest BCUT2D eigenvalue weighted by Crippen LogP contribution is -2.46. The first-order valence-corrected chi connectivity index (χ1v) is 7.28. The van der Waals surface area contributed by atoms with Gasteiger partial charge in [0.1, 0.15) is 17.8 Å². The van der Waals surface area contributed by atoms with Crippen LogP contribution in [0.5, 0.6) is 5.88 Å². The molecule has 0 saturated carbocycles. The van der Waals surface area contributed by atoms with Crippen molar-refractivity contribution < 1.29 is 24.8 Å². The first-order valence-electron chi connectivity index (χ1n) is 7.28. The summed E-state index contributed by atoms with van der Waals surface area (Å²) in [6, 6.07) is 0. The van der Waals surface area contributed by atoms with E-state index in [9.17, 15) is 15.3 Å². The van der Waals surface area contributed by atoms with E-state index in [1.165, 1.54) is 24.1 Å². The topological polar surface area (TPSA) is 149 Å². The Labute approximate surface area is 137 Å². The molecule has 24 heavy (non-hydrogen) atoms. The number of fused-ring (bicyclic) bond motifs is 1. The number of methoxy groups -OCH3 is 1. The number of aliphatic hydroxyl groups is 3. The SMILES string of the molecule is C=CC[C@]1(O)C(n2cnc3c(OC)nc(N)nc32)OC(CO)[C@H]1O. The van der Waals surface area contributed by atoms with Crippen molar-refractivity contribution in [3.63, 3.8) is 0 Å². The number of hydrogen-bond donors (Lipinski definition) is 4. The van der Waals surface area contributed by atoms with Crippen molar-refractivity contribution in [3.8, 4) is 5.88 Å². The molecule has 0 aliphatic carbocycles. The zero-order valence-corrected chi connectivity index (χ0v) is 13.0. The van der Waals surface area contributed by atoms with E-state index in [1.54, 1.807) is 0 Å². The van der Waals surface area contributed by atoms with Crippen molar-refractivity contribution in [1.29, 1.82) is 0 Å². The minimum Gasteiger partial charge on any atom is -0.479 e. The van der Waals surface area contributed by atoms with E-state index in [0.29, 0.717) is 5.52 Å². The highest BCUT2D eigenvalue weighted by atomic mass is 16.6. The zero-order chi connectivity index (χ0) is 17.5. The Hall–Kier alpha value is -2.27. The molecule has 2 unspecified atom stereocenters. The first-order chi connectivity index (χ1) is 11.5. The molecule has 0 amide bonds. The summed E-state index contributed by atoms with van der Waals surface area (Å²) in [7, 11) is 1.42. The molecule has 2 aromatic rings. The third kappa shape index (κ3) is 2.31. The second kappa shape index (κ2) is 5.98. The summed E-state index contributed by atoms with van der Waals surface area (Å²) in [6.45, 7) is 3.14. The van der Waals surface area contributed by atoms with E-state index in [0.717, 1.165) is 0 Å². The minimum atomic E-state index is -1.71. The molecule has 3 rings (SSSR count). The largest absolute Gasteiger partial charge is 0.479 e. The molecule has 5 N–H and O–H groups in total. The Morgan fingerprint density at radius 1 is 1.54 bits per heavy atom. The molecule has 1 saturated heterocycles. The standard InChI is InChI=1S/C14H19N5O5/c1-3-4-14(22)9(21)7(5-20)24-12(14)19-6-16-8-10(19)17-13(15)18-11(8)23-2/h3,6-7,9,12,20-22H,1,4-5H2,2H3,(H2,15,17,18)/t7?,9-,12?,14-/m1/s1. The highest BCUT2D eigenvalue weighted by molar-refractivity contribution is 5.77. The van der Waals surface area contributed by atoms with Crippen LogP contribution in [0.4, 0.5) is 5.95 Å². The number of aliphatic hydroxyl groups excluding tert-OH is 2. The van der Waals surface area contributed by atoms with E-state index in [-0.39, 0.29) is 23.9 Å². The Balaban J connectivity index is 2.15. The average molecular weight is 337 g/mol. The van der Waals surface area contributed by atoms with Crippen LogP contribution in [0.1, 0.15) is 12.6 Å². The van der Waals surface area contributed by atoms with Crippen LogP contribution in [0.2, 0.25) is 0 Å². The van der Waals surface area contributed by atoms with E-state index in [4.69, 9.17) is 15.2 Å². The highest BCUT2D eigenvalue weighted by Gasteiger charge is 2.55. The van der Waals surface area contributed by atoms with Gasteiger partial charge in [0.25, 0.3) is 0 Å². The third-order valence-corrected chi connectivity index (χ3v) is 4.10. The lowest BCUT2D eigenvalue weighted by molar-refractivity contribution is -0.105. The van der Waals surface area contributed by atoms with Gasteiger partial charge in [-0.2, -0.15) is 9.97 Å². The molecule has 10 heteroatoms. The second-order valence-corrected chi connectivity index (χ2v) is 5.55. The summed E-state index contributed by atoms with van der Waals surface area (Å²) in [6.07, 6.45) is -0.448. The summed E-state index contributed by atoms with van der Waals surface area (Å²) in [5.74, 6) is 0.145. The molecule has 0 spiro atoms. The Morgan fingerprint density at radius 3 is 2.92 bits per heavy atom. The molecule has 0 radical (unpaired) electrons. The van der Waals surface area contributed by atoms with Crippen molar-refractivity contribution in [3.05, 3.63) is 19.0 Å². The molecule has 0 bridgehead atoms. The smallest absolute Gasteiger partial charge is 0.246 e. The Morgan fingerprint density at radius 2 is 2.29 bits per heavy atom. The van der Waals surface area contributed by atoms with Crippen LogP contribution in [0.25, 0.3) is 11.2 Å². The normalized spacial score (nSPS) is 29.9. The molecule has 1 aliphatic heterocycles. The molecule has 0 aromatic carbocycles. The molecule has 4 atom stereocenters. The number of anilines is 1. The van der Waals surface area contributed by atoms with E-state index < -0.39 is 30.6 Å². The van der Waals surface area contributed by atoms with Crippen LogP contribution in [0.3, 0.4) is 0 Å². The van der Waals surface area contributed by atoms with E-state index in [2.05, 4.69) is 21.5 Å². The lowest BCUT2D eigenvalue weighted by atomic mass is 9.90. The number of hydrogen-bond acceptors (Lipinski definition) is 9. The van der Waals surface area contributed by atoms with Crippen LogP contribution in [0.15, 0.2) is 19.0 Å². The monoisotopic (exact) mass is 337 g/mol. The van der Waals surface area contributed by atoms with Gasteiger partial charge in [0.15, 0.2) is 17.4 Å². The van der Waals surface area contributed by atoms with Gasteiger partial charge >= 0.3 is 0 Å². The number of nitrogen functional groups attached to an aromatic ring is 1. The number of rotatable bonds is 5. The maximum atomic E-state index is 10.9. The summed E-state index contributed by atoms with van der Waals surface area (Å²) < 4.78 is 12.2. The summed E-state index contributed by atoms with van der Waals surface area (Å²) in [4.78, 5) is 12.2. The van der Waals surface area contributed by atoms with Gasteiger partial charge in [-0.15, -0.1) is 6.58 Å². The molecule has 130 valence electrons. The van der Waals surface area contributed by atoms with Gasteiger partial charge in [0.05, 0.1) is 20.0 Å². The Kier molecular flexibility index (Phi) is 4.13. The van der Waals surface area contributed by atoms with Crippen molar-refractivity contribution >= 4 is 17.1 Å². The zero-order valence-electron chi connectivity index (χ0n) is 13.0. The van der Waals surface area contributed by atoms with Crippen LogP contribution in [0, 0.1) is 0 Å². The van der Waals surface area contributed by atoms with Crippen molar-refractivity contribution in [2.24, 2.45) is 0 Å². The third-order valence-electron chi connectivity index (χ3n) is 4.10. The number of ether oxygens (including phenoxy) is 2. The summed E-state index contributed by atoms with van der Waals surface area (Å²) in [5.41, 5.74) is 4.58. The van der Waals surface area contributed by atoms with Gasteiger partial charge in [0, 0.05) is 6.42 Å².